The minimum absolute atomic E-state index is 0.189. The molecule has 0 bridgehead atoms. The number of hydrogen-bond donors (Lipinski definition) is 2. The first-order valence-electron chi connectivity index (χ1n) is 11.5. The van der Waals surface area contributed by atoms with Crippen molar-refractivity contribution in [1.29, 1.82) is 0 Å². The third kappa shape index (κ3) is 9.06. The summed E-state index contributed by atoms with van der Waals surface area (Å²) in [5, 5.41) is 5.33. The van der Waals surface area contributed by atoms with Gasteiger partial charge in [-0.15, -0.1) is 0 Å². The Kier molecular flexibility index (Phi) is 11.8. The van der Waals surface area contributed by atoms with Gasteiger partial charge >= 0.3 is 0 Å². The number of aromatic nitrogens is 1. The van der Waals surface area contributed by atoms with Crippen molar-refractivity contribution in [2.45, 2.75) is 52.1 Å². The molecule has 2 N–H and O–H groups in total. The van der Waals surface area contributed by atoms with E-state index in [1.54, 1.807) is 22.8 Å². The largest absolute Gasteiger partial charge is 0.350 e. The SMILES string of the molecule is CCC.CN(SN1CCCCC1C(=O)NCC(=O)NCc1cccnc1)c1c(F)cc(F)cc1F. The molecule has 1 fully saturated rings. The van der Waals surface area contributed by atoms with Gasteiger partial charge in [0.25, 0.3) is 0 Å². The molecule has 0 aliphatic carbocycles. The average Bonchev–Trinajstić information content (AvgIpc) is 2.82. The van der Waals surface area contributed by atoms with Crippen LogP contribution in [0, 0.1) is 17.5 Å². The van der Waals surface area contributed by atoms with E-state index in [9.17, 15) is 22.8 Å². The van der Waals surface area contributed by atoms with Crippen molar-refractivity contribution in [3.05, 3.63) is 59.7 Å². The standard InChI is InChI=1S/C21H24F3N5O2S.C3H8/c1-28(20-16(23)9-15(22)10-17(20)24)32-29-8-3-2-6-18(29)21(31)27-13-19(30)26-12-14-5-4-7-25-11-14;1-3-2/h4-5,7,9-11,18H,2-3,6,8,12-13H2,1H3,(H,26,30)(H,27,31);3H2,1-2H3. The summed E-state index contributed by atoms with van der Waals surface area (Å²) < 4.78 is 44.3. The van der Waals surface area contributed by atoms with E-state index < -0.39 is 29.2 Å². The van der Waals surface area contributed by atoms with Gasteiger partial charge in [-0.05, 0) is 24.5 Å². The Hall–Kier alpha value is -2.79. The molecule has 1 aliphatic rings. The summed E-state index contributed by atoms with van der Waals surface area (Å²) in [7, 11) is 1.44. The molecule has 1 saturated heterocycles. The summed E-state index contributed by atoms with van der Waals surface area (Å²) in [5.74, 6) is -3.74. The van der Waals surface area contributed by atoms with Crippen LogP contribution in [0.25, 0.3) is 0 Å². The van der Waals surface area contributed by atoms with Gasteiger partial charge in [-0.25, -0.2) is 17.5 Å². The van der Waals surface area contributed by atoms with Crippen molar-refractivity contribution in [1.82, 2.24) is 19.9 Å². The number of amides is 2. The number of rotatable bonds is 8. The highest BCUT2D eigenvalue weighted by Gasteiger charge is 2.31. The van der Waals surface area contributed by atoms with Gasteiger partial charge in [0.1, 0.15) is 17.5 Å². The zero-order valence-corrected chi connectivity index (χ0v) is 21.0. The first-order valence-corrected chi connectivity index (χ1v) is 12.3. The second kappa shape index (κ2) is 14.6. The maximum Gasteiger partial charge on any atom is 0.239 e. The number of hydrogen-bond acceptors (Lipinski definition) is 6. The number of pyridine rings is 1. The number of benzene rings is 1. The molecule has 2 amide bonds. The molecule has 1 aliphatic heterocycles. The number of nitrogens with zero attached hydrogens (tertiary/aromatic N) is 3. The van der Waals surface area contributed by atoms with Crippen molar-refractivity contribution >= 4 is 29.6 Å². The van der Waals surface area contributed by atoms with Crippen LogP contribution in [0.1, 0.15) is 45.1 Å². The minimum atomic E-state index is -1.03. The monoisotopic (exact) mass is 511 g/mol. The molecule has 3 rings (SSSR count). The highest BCUT2D eigenvalue weighted by Crippen LogP contribution is 2.33. The second-order valence-electron chi connectivity index (χ2n) is 8.01. The van der Waals surface area contributed by atoms with Crippen LogP contribution in [0.3, 0.4) is 0 Å². The van der Waals surface area contributed by atoms with Gasteiger partial charge in [0.15, 0.2) is 11.6 Å². The Morgan fingerprint density at radius 3 is 2.49 bits per heavy atom. The zero-order chi connectivity index (χ0) is 25.8. The summed E-state index contributed by atoms with van der Waals surface area (Å²) in [5.41, 5.74) is 0.446. The third-order valence-corrected chi connectivity index (χ3v) is 5.99. The Labute approximate surface area is 208 Å². The van der Waals surface area contributed by atoms with Gasteiger partial charge < -0.3 is 14.9 Å². The lowest BCUT2D eigenvalue weighted by atomic mass is 10.0. The molecule has 35 heavy (non-hydrogen) atoms. The van der Waals surface area contributed by atoms with E-state index in [2.05, 4.69) is 29.5 Å². The fourth-order valence-electron chi connectivity index (χ4n) is 3.35. The quantitative estimate of drug-likeness (QED) is 0.518. The van der Waals surface area contributed by atoms with E-state index in [4.69, 9.17) is 0 Å². The number of halogens is 3. The number of nitrogens with one attached hydrogen (secondary N) is 2. The van der Waals surface area contributed by atoms with Crippen LogP contribution in [-0.4, -0.2) is 47.3 Å². The summed E-state index contributed by atoms with van der Waals surface area (Å²) in [6.45, 7) is 4.88. The normalized spacial score (nSPS) is 15.5. The molecule has 7 nitrogen and oxygen atoms in total. The number of carbonyl (C=O) groups excluding carboxylic acids is 2. The first-order chi connectivity index (χ1) is 16.8. The highest BCUT2D eigenvalue weighted by atomic mass is 32.2. The van der Waals surface area contributed by atoms with E-state index in [-0.39, 0.29) is 18.4 Å². The molecular formula is C24H32F3N5O2S. The van der Waals surface area contributed by atoms with Crippen LogP contribution in [0.15, 0.2) is 36.7 Å². The maximum absolute atomic E-state index is 14.1. The van der Waals surface area contributed by atoms with Gasteiger partial charge in [0.2, 0.25) is 11.8 Å². The molecule has 0 spiro atoms. The van der Waals surface area contributed by atoms with Crippen molar-refractivity contribution in [3.8, 4) is 0 Å². The van der Waals surface area contributed by atoms with Crippen LogP contribution in [0.2, 0.25) is 0 Å². The molecule has 1 aromatic carbocycles. The minimum Gasteiger partial charge on any atom is -0.350 e. The topological polar surface area (TPSA) is 77.6 Å². The zero-order valence-electron chi connectivity index (χ0n) is 20.2. The Morgan fingerprint density at radius 2 is 1.86 bits per heavy atom. The third-order valence-electron chi connectivity index (χ3n) is 4.92. The summed E-state index contributed by atoms with van der Waals surface area (Å²) in [6, 6.07) is 4.24. The fraction of sp³-hybridized carbons (Fsp3) is 0.458. The van der Waals surface area contributed by atoms with Crippen LogP contribution >= 0.6 is 12.1 Å². The van der Waals surface area contributed by atoms with E-state index in [0.29, 0.717) is 31.6 Å². The first kappa shape index (κ1) is 28.4. The number of piperidine rings is 1. The van der Waals surface area contributed by atoms with Gasteiger partial charge in [-0.1, -0.05) is 32.8 Å². The van der Waals surface area contributed by atoms with Gasteiger partial charge in [0, 0.05) is 56.8 Å². The number of carbonyl (C=O) groups is 2. The van der Waals surface area contributed by atoms with Crippen molar-refractivity contribution in [2.24, 2.45) is 0 Å². The molecule has 1 aromatic heterocycles. The van der Waals surface area contributed by atoms with Crippen molar-refractivity contribution < 1.29 is 22.8 Å². The molecule has 11 heteroatoms. The maximum atomic E-state index is 14.1. The van der Waals surface area contributed by atoms with Gasteiger partial charge in [0.05, 0.1) is 6.54 Å². The molecule has 2 aromatic rings. The van der Waals surface area contributed by atoms with Crippen LogP contribution in [0.4, 0.5) is 18.9 Å². The van der Waals surface area contributed by atoms with Crippen LogP contribution < -0.4 is 14.9 Å². The summed E-state index contributed by atoms with van der Waals surface area (Å²) in [4.78, 5) is 28.7. The molecule has 192 valence electrons. The van der Waals surface area contributed by atoms with Crippen molar-refractivity contribution in [2.75, 3.05) is 24.4 Å². The van der Waals surface area contributed by atoms with E-state index in [1.165, 1.54) is 17.8 Å². The van der Waals surface area contributed by atoms with Crippen LogP contribution in [0.5, 0.6) is 0 Å². The Bertz CT molecular complexity index is 944. The van der Waals surface area contributed by atoms with E-state index in [1.807, 2.05) is 6.07 Å². The second-order valence-corrected chi connectivity index (χ2v) is 9.19. The molecule has 2 heterocycles. The van der Waals surface area contributed by atoms with Gasteiger partial charge in [-0.3, -0.25) is 14.6 Å². The predicted molar refractivity (Wildman–Crippen MR) is 132 cm³/mol. The highest BCUT2D eigenvalue weighted by molar-refractivity contribution is 7.98. The smallest absolute Gasteiger partial charge is 0.239 e. The number of anilines is 1. The van der Waals surface area contributed by atoms with E-state index in [0.717, 1.165) is 30.5 Å². The Balaban J connectivity index is 0.00000137. The lowest BCUT2D eigenvalue weighted by Crippen LogP contribution is -2.49. The molecule has 0 saturated carbocycles. The predicted octanol–water partition coefficient (Wildman–Crippen LogP) is 4.20. The lowest BCUT2D eigenvalue weighted by Gasteiger charge is -2.36. The molecule has 1 atom stereocenters. The Morgan fingerprint density at radius 1 is 1.17 bits per heavy atom. The lowest BCUT2D eigenvalue weighted by molar-refractivity contribution is -0.128. The summed E-state index contributed by atoms with van der Waals surface area (Å²) in [6.07, 6.45) is 6.68. The van der Waals surface area contributed by atoms with E-state index >= 15 is 0 Å². The molecule has 1 unspecified atom stereocenters. The molecular weight excluding hydrogens is 479 g/mol. The van der Waals surface area contributed by atoms with Crippen LogP contribution in [-0.2, 0) is 16.1 Å². The summed E-state index contributed by atoms with van der Waals surface area (Å²) >= 11 is 0.982. The van der Waals surface area contributed by atoms with Crippen molar-refractivity contribution in [3.63, 3.8) is 0 Å². The molecule has 0 radical (unpaired) electrons. The average molecular weight is 512 g/mol. The van der Waals surface area contributed by atoms with Gasteiger partial charge in [-0.2, -0.15) is 0 Å². The fourth-order valence-corrected chi connectivity index (χ4v) is 4.45.